The van der Waals surface area contributed by atoms with Crippen LogP contribution in [0.1, 0.15) is 33.1 Å². The molecular weight excluding hydrogens is 254 g/mol. The molecule has 1 saturated heterocycles. The maximum absolute atomic E-state index is 11.1. The highest BCUT2D eigenvalue weighted by Gasteiger charge is 2.20. The highest BCUT2D eigenvalue weighted by atomic mass is 16.1. The number of nitrogens with one attached hydrogen (secondary N) is 2. The molecule has 110 valence electrons. The van der Waals surface area contributed by atoms with Gasteiger partial charge in [-0.15, -0.1) is 0 Å². The van der Waals surface area contributed by atoms with E-state index >= 15 is 0 Å². The molecule has 1 aliphatic rings. The number of aromatic nitrogens is 2. The Balaban J connectivity index is 1.91. The number of rotatable bonds is 5. The lowest BCUT2D eigenvalue weighted by Crippen LogP contribution is -2.44. The molecule has 2 rings (SSSR count). The second-order valence-corrected chi connectivity index (χ2v) is 5.15. The molecule has 1 aromatic heterocycles. The highest BCUT2D eigenvalue weighted by Crippen LogP contribution is 2.18. The van der Waals surface area contributed by atoms with Gasteiger partial charge in [0.1, 0.15) is 11.6 Å². The number of hydrogen-bond acceptors (Lipinski definition) is 5. The normalized spacial score (nSPS) is 16.0. The van der Waals surface area contributed by atoms with Gasteiger partial charge in [0.15, 0.2) is 0 Å². The molecule has 0 spiro atoms. The standard InChI is InChI=1S/C14H23N5O/c1-3-6-16-13-9-15-10-14(18-13)19-7-4-12(5-8-19)17-11(2)20/h9-10,12H,3-8H2,1-2H3,(H,16,18)(H,17,20). The second-order valence-electron chi connectivity index (χ2n) is 5.15. The topological polar surface area (TPSA) is 70.2 Å². The molecule has 1 aromatic rings. The van der Waals surface area contributed by atoms with Crippen LogP contribution in [-0.2, 0) is 4.79 Å². The maximum atomic E-state index is 11.1. The van der Waals surface area contributed by atoms with Crippen LogP contribution < -0.4 is 15.5 Å². The van der Waals surface area contributed by atoms with Gasteiger partial charge in [-0.25, -0.2) is 4.98 Å². The summed E-state index contributed by atoms with van der Waals surface area (Å²) in [7, 11) is 0. The minimum Gasteiger partial charge on any atom is -0.369 e. The first kappa shape index (κ1) is 14.6. The fraction of sp³-hybridized carbons (Fsp3) is 0.643. The van der Waals surface area contributed by atoms with E-state index in [9.17, 15) is 4.79 Å². The summed E-state index contributed by atoms with van der Waals surface area (Å²) in [5.41, 5.74) is 0. The summed E-state index contributed by atoms with van der Waals surface area (Å²) in [6.45, 7) is 6.40. The Bertz CT molecular complexity index is 443. The van der Waals surface area contributed by atoms with Gasteiger partial charge in [0.2, 0.25) is 5.91 Å². The molecule has 0 unspecified atom stereocenters. The van der Waals surface area contributed by atoms with Crippen LogP contribution in [0.4, 0.5) is 11.6 Å². The zero-order valence-corrected chi connectivity index (χ0v) is 12.2. The molecule has 0 bridgehead atoms. The summed E-state index contributed by atoms with van der Waals surface area (Å²) in [4.78, 5) is 22.1. The summed E-state index contributed by atoms with van der Waals surface area (Å²) >= 11 is 0. The lowest BCUT2D eigenvalue weighted by molar-refractivity contribution is -0.119. The maximum Gasteiger partial charge on any atom is 0.217 e. The van der Waals surface area contributed by atoms with Crippen molar-refractivity contribution < 1.29 is 4.79 Å². The Morgan fingerprint density at radius 1 is 1.40 bits per heavy atom. The van der Waals surface area contributed by atoms with Gasteiger partial charge in [-0.2, -0.15) is 0 Å². The molecule has 1 amide bonds. The molecule has 6 nitrogen and oxygen atoms in total. The number of nitrogens with zero attached hydrogens (tertiary/aromatic N) is 3. The molecule has 0 aromatic carbocycles. The van der Waals surface area contributed by atoms with Gasteiger partial charge in [-0.3, -0.25) is 9.78 Å². The highest BCUT2D eigenvalue weighted by molar-refractivity contribution is 5.73. The summed E-state index contributed by atoms with van der Waals surface area (Å²) in [6, 6.07) is 0.290. The molecule has 0 aliphatic carbocycles. The average Bonchev–Trinajstić information content (AvgIpc) is 2.45. The third kappa shape index (κ3) is 4.08. The Morgan fingerprint density at radius 2 is 2.15 bits per heavy atom. The van der Waals surface area contributed by atoms with Gasteiger partial charge in [-0.1, -0.05) is 6.92 Å². The molecular formula is C14H23N5O. The van der Waals surface area contributed by atoms with Crippen molar-refractivity contribution >= 4 is 17.5 Å². The van der Waals surface area contributed by atoms with Crippen molar-refractivity contribution in [1.29, 1.82) is 0 Å². The van der Waals surface area contributed by atoms with Crippen LogP contribution in [0, 0.1) is 0 Å². The van der Waals surface area contributed by atoms with E-state index in [1.165, 1.54) is 0 Å². The molecule has 6 heteroatoms. The van der Waals surface area contributed by atoms with E-state index < -0.39 is 0 Å². The Labute approximate surface area is 120 Å². The Morgan fingerprint density at radius 3 is 2.80 bits per heavy atom. The Kier molecular flexibility index (Phi) is 5.15. The van der Waals surface area contributed by atoms with Crippen LogP contribution in [0.15, 0.2) is 12.4 Å². The van der Waals surface area contributed by atoms with Gasteiger partial charge >= 0.3 is 0 Å². The van der Waals surface area contributed by atoms with Crippen molar-refractivity contribution in [2.75, 3.05) is 29.9 Å². The fourth-order valence-electron chi connectivity index (χ4n) is 2.39. The van der Waals surface area contributed by atoms with Crippen LogP contribution >= 0.6 is 0 Å². The fourth-order valence-corrected chi connectivity index (χ4v) is 2.39. The first-order valence-corrected chi connectivity index (χ1v) is 7.27. The number of hydrogen-bond donors (Lipinski definition) is 2. The lowest BCUT2D eigenvalue weighted by atomic mass is 10.1. The van der Waals surface area contributed by atoms with Crippen molar-refractivity contribution in [2.24, 2.45) is 0 Å². The predicted octanol–water partition coefficient (Wildman–Crippen LogP) is 1.40. The third-order valence-electron chi connectivity index (χ3n) is 3.40. The van der Waals surface area contributed by atoms with E-state index in [-0.39, 0.29) is 11.9 Å². The summed E-state index contributed by atoms with van der Waals surface area (Å²) in [6.07, 6.45) is 6.52. The SMILES string of the molecule is CCCNc1cncc(N2CCC(NC(C)=O)CC2)n1. The van der Waals surface area contributed by atoms with E-state index in [0.29, 0.717) is 0 Å². The first-order valence-electron chi connectivity index (χ1n) is 7.27. The number of carbonyl (C=O) groups excluding carboxylic acids is 1. The summed E-state index contributed by atoms with van der Waals surface area (Å²) in [5.74, 6) is 1.79. The quantitative estimate of drug-likeness (QED) is 0.851. The van der Waals surface area contributed by atoms with Gasteiger partial charge in [0.25, 0.3) is 0 Å². The van der Waals surface area contributed by atoms with Crippen molar-refractivity contribution in [2.45, 2.75) is 39.2 Å². The number of carbonyl (C=O) groups is 1. The van der Waals surface area contributed by atoms with Crippen molar-refractivity contribution in [1.82, 2.24) is 15.3 Å². The molecule has 1 aliphatic heterocycles. The minimum atomic E-state index is 0.0500. The Hall–Kier alpha value is -1.85. The molecule has 2 heterocycles. The van der Waals surface area contributed by atoms with Crippen LogP contribution in [0.5, 0.6) is 0 Å². The summed E-state index contributed by atoms with van der Waals surface area (Å²) < 4.78 is 0. The zero-order valence-electron chi connectivity index (χ0n) is 12.2. The van der Waals surface area contributed by atoms with Crippen molar-refractivity contribution in [3.8, 4) is 0 Å². The lowest BCUT2D eigenvalue weighted by Gasteiger charge is -2.32. The molecule has 0 radical (unpaired) electrons. The minimum absolute atomic E-state index is 0.0500. The first-order chi connectivity index (χ1) is 9.69. The predicted molar refractivity (Wildman–Crippen MR) is 79.9 cm³/mol. The zero-order chi connectivity index (χ0) is 14.4. The molecule has 1 fully saturated rings. The number of amides is 1. The van der Waals surface area contributed by atoms with E-state index in [4.69, 9.17) is 0 Å². The third-order valence-corrected chi connectivity index (χ3v) is 3.40. The molecule has 0 atom stereocenters. The van der Waals surface area contributed by atoms with Crippen molar-refractivity contribution in [3.63, 3.8) is 0 Å². The monoisotopic (exact) mass is 277 g/mol. The van der Waals surface area contributed by atoms with E-state index in [0.717, 1.165) is 50.5 Å². The van der Waals surface area contributed by atoms with Crippen LogP contribution in [-0.4, -0.2) is 41.6 Å². The van der Waals surface area contributed by atoms with E-state index in [1.54, 1.807) is 19.3 Å². The van der Waals surface area contributed by atoms with E-state index in [1.807, 2.05) is 0 Å². The molecule has 2 N–H and O–H groups in total. The smallest absolute Gasteiger partial charge is 0.217 e. The van der Waals surface area contributed by atoms with Crippen molar-refractivity contribution in [3.05, 3.63) is 12.4 Å². The molecule has 20 heavy (non-hydrogen) atoms. The number of anilines is 2. The van der Waals surface area contributed by atoms with E-state index in [2.05, 4.69) is 32.4 Å². The van der Waals surface area contributed by atoms with Crippen LogP contribution in [0.3, 0.4) is 0 Å². The number of piperidine rings is 1. The molecule has 0 saturated carbocycles. The van der Waals surface area contributed by atoms with Gasteiger partial charge in [0, 0.05) is 32.6 Å². The van der Waals surface area contributed by atoms with Crippen LogP contribution in [0.25, 0.3) is 0 Å². The van der Waals surface area contributed by atoms with Gasteiger partial charge in [0.05, 0.1) is 12.4 Å². The average molecular weight is 277 g/mol. The van der Waals surface area contributed by atoms with Gasteiger partial charge < -0.3 is 15.5 Å². The van der Waals surface area contributed by atoms with Gasteiger partial charge in [-0.05, 0) is 19.3 Å². The summed E-state index contributed by atoms with van der Waals surface area (Å²) in [5, 5.41) is 6.23. The second kappa shape index (κ2) is 7.07. The van der Waals surface area contributed by atoms with Crippen LogP contribution in [0.2, 0.25) is 0 Å². The largest absolute Gasteiger partial charge is 0.369 e.